The zero-order valence-corrected chi connectivity index (χ0v) is 5.11. The molecule has 0 aliphatic carbocycles. The Bertz CT molecular complexity index is 265. The van der Waals surface area contributed by atoms with Crippen molar-refractivity contribution >= 4 is 0 Å². The summed E-state index contributed by atoms with van der Waals surface area (Å²) in [7, 11) is 1.34. The van der Waals surface area contributed by atoms with E-state index in [9.17, 15) is 13.2 Å². The minimum atomic E-state index is -4.52. The molecule has 56 valence electrons. The van der Waals surface area contributed by atoms with Gasteiger partial charge in [-0.05, 0) is 6.04 Å². The van der Waals surface area contributed by atoms with Gasteiger partial charge in [0.15, 0.2) is 5.69 Å². The summed E-state index contributed by atoms with van der Waals surface area (Å²) in [5.41, 5.74) is -1.14. The first-order chi connectivity index (χ1) is 4.91. The second-order valence-electron chi connectivity index (χ2n) is 1.79. The van der Waals surface area contributed by atoms with Crippen molar-refractivity contribution < 1.29 is 14.5 Å². The first-order valence-corrected chi connectivity index (χ1v) is 2.48. The molecule has 0 atom stereocenters. The van der Waals surface area contributed by atoms with E-state index in [1.54, 1.807) is 0 Å². The molecular formula is C5H5F3N2. The van der Waals surface area contributed by atoms with Crippen LogP contribution >= 0.6 is 0 Å². The standard InChI is InChI=1S/C5H5F3N2/c1-10-3-2-4(9-10)5(6,7)8/h2-3H,1H3/i2D. The van der Waals surface area contributed by atoms with Gasteiger partial charge in [-0.3, -0.25) is 4.68 Å². The SMILES string of the molecule is [2H]c1cn(C)nc1C(F)(F)F. The topological polar surface area (TPSA) is 17.8 Å². The molecule has 1 rings (SSSR count). The molecule has 0 amide bonds. The molecule has 0 aliphatic rings. The van der Waals surface area contributed by atoms with Gasteiger partial charge in [0.2, 0.25) is 0 Å². The largest absolute Gasteiger partial charge is 0.435 e. The normalized spacial score (nSPS) is 13.4. The van der Waals surface area contributed by atoms with Crippen LogP contribution in [0.3, 0.4) is 0 Å². The lowest BCUT2D eigenvalue weighted by molar-refractivity contribution is -0.141. The lowest BCUT2D eigenvalue weighted by Crippen LogP contribution is -2.06. The summed E-state index contributed by atoms with van der Waals surface area (Å²) in [6.07, 6.45) is -3.51. The van der Waals surface area contributed by atoms with E-state index in [2.05, 4.69) is 5.10 Å². The molecule has 0 fully saturated rings. The Morgan fingerprint density at radius 3 is 2.50 bits per heavy atom. The Morgan fingerprint density at radius 2 is 2.30 bits per heavy atom. The Morgan fingerprint density at radius 1 is 1.70 bits per heavy atom. The number of nitrogens with zero attached hydrogens (tertiary/aromatic N) is 2. The molecular weight excluding hydrogens is 145 g/mol. The minimum Gasteiger partial charge on any atom is -0.275 e. The van der Waals surface area contributed by atoms with Gasteiger partial charge >= 0.3 is 6.18 Å². The van der Waals surface area contributed by atoms with Crippen LogP contribution < -0.4 is 0 Å². The molecule has 2 nitrogen and oxygen atoms in total. The second-order valence-corrected chi connectivity index (χ2v) is 1.79. The first kappa shape index (κ1) is 5.76. The van der Waals surface area contributed by atoms with E-state index in [0.29, 0.717) is 0 Å². The Hall–Kier alpha value is -1.00. The highest BCUT2D eigenvalue weighted by Crippen LogP contribution is 2.26. The number of alkyl halides is 3. The van der Waals surface area contributed by atoms with Crippen LogP contribution in [0.2, 0.25) is 0 Å². The molecule has 0 unspecified atom stereocenters. The molecule has 1 aromatic heterocycles. The van der Waals surface area contributed by atoms with Crippen molar-refractivity contribution in [1.29, 1.82) is 0 Å². The zero-order chi connectivity index (χ0) is 8.65. The molecule has 0 spiro atoms. The van der Waals surface area contributed by atoms with Gasteiger partial charge in [-0.15, -0.1) is 0 Å². The Kier molecular flexibility index (Phi) is 1.15. The number of hydrogen-bond acceptors (Lipinski definition) is 1. The van der Waals surface area contributed by atoms with Gasteiger partial charge in [-0.25, -0.2) is 0 Å². The minimum absolute atomic E-state index is 0.597. The average molecular weight is 151 g/mol. The molecule has 1 heterocycles. The summed E-state index contributed by atoms with van der Waals surface area (Å²) < 4.78 is 43.4. The van der Waals surface area contributed by atoms with Crippen LogP contribution in [-0.2, 0) is 13.2 Å². The van der Waals surface area contributed by atoms with E-state index in [1.165, 1.54) is 7.05 Å². The van der Waals surface area contributed by atoms with Crippen LogP contribution in [0.5, 0.6) is 0 Å². The molecule has 0 aliphatic heterocycles. The number of aryl methyl sites for hydroxylation is 1. The van der Waals surface area contributed by atoms with Crippen LogP contribution in [0.25, 0.3) is 0 Å². The summed E-state index contributed by atoms with van der Waals surface area (Å²) >= 11 is 0. The van der Waals surface area contributed by atoms with Crippen molar-refractivity contribution in [1.82, 2.24) is 9.78 Å². The van der Waals surface area contributed by atoms with Crippen molar-refractivity contribution in [2.45, 2.75) is 6.18 Å². The van der Waals surface area contributed by atoms with E-state index < -0.39 is 17.9 Å². The number of rotatable bonds is 0. The molecule has 10 heavy (non-hydrogen) atoms. The fourth-order valence-electron chi connectivity index (χ4n) is 0.509. The Labute approximate surface area is 56.7 Å². The van der Waals surface area contributed by atoms with Gasteiger partial charge in [0.1, 0.15) is 0 Å². The van der Waals surface area contributed by atoms with Crippen molar-refractivity contribution in [3.05, 3.63) is 17.9 Å². The first-order valence-electron chi connectivity index (χ1n) is 2.98. The molecule has 5 heteroatoms. The van der Waals surface area contributed by atoms with Crippen LogP contribution in [0.4, 0.5) is 13.2 Å². The van der Waals surface area contributed by atoms with Crippen LogP contribution in [0.1, 0.15) is 7.06 Å². The van der Waals surface area contributed by atoms with Crippen molar-refractivity contribution in [2.24, 2.45) is 7.05 Å². The van der Waals surface area contributed by atoms with Crippen molar-refractivity contribution in [3.63, 3.8) is 0 Å². The fourth-order valence-corrected chi connectivity index (χ4v) is 0.509. The van der Waals surface area contributed by atoms with E-state index in [1.807, 2.05) is 0 Å². The van der Waals surface area contributed by atoms with E-state index in [0.717, 1.165) is 10.9 Å². The van der Waals surface area contributed by atoms with Gasteiger partial charge in [-0.1, -0.05) is 0 Å². The maximum atomic E-state index is 11.9. The average Bonchev–Trinajstić information content (AvgIpc) is 2.08. The third-order valence-electron chi connectivity index (χ3n) is 0.914. The van der Waals surface area contributed by atoms with Crippen LogP contribution in [0.15, 0.2) is 12.2 Å². The van der Waals surface area contributed by atoms with Gasteiger partial charge in [0.25, 0.3) is 0 Å². The molecule has 1 aromatic rings. The van der Waals surface area contributed by atoms with Gasteiger partial charge in [0.05, 0.1) is 1.37 Å². The predicted octanol–water partition coefficient (Wildman–Crippen LogP) is 1.44. The summed E-state index contributed by atoms with van der Waals surface area (Å²) in [6, 6.07) is -0.597. The smallest absolute Gasteiger partial charge is 0.275 e. The molecule has 0 N–H and O–H groups in total. The summed E-state index contributed by atoms with van der Waals surface area (Å²) in [4.78, 5) is 0. The Balaban J connectivity index is 3.13. The van der Waals surface area contributed by atoms with Crippen molar-refractivity contribution in [3.8, 4) is 0 Å². The fraction of sp³-hybridized carbons (Fsp3) is 0.400. The van der Waals surface area contributed by atoms with Gasteiger partial charge in [-0.2, -0.15) is 18.3 Å². The van der Waals surface area contributed by atoms with Crippen LogP contribution in [-0.4, -0.2) is 9.78 Å². The predicted molar refractivity (Wildman–Crippen MR) is 28.2 cm³/mol. The quantitative estimate of drug-likeness (QED) is 0.548. The van der Waals surface area contributed by atoms with Gasteiger partial charge in [0, 0.05) is 13.2 Å². The zero-order valence-electron chi connectivity index (χ0n) is 6.11. The maximum Gasteiger partial charge on any atom is 0.435 e. The van der Waals surface area contributed by atoms with E-state index >= 15 is 0 Å². The highest BCUT2D eigenvalue weighted by atomic mass is 19.4. The lowest BCUT2D eigenvalue weighted by atomic mass is 10.4. The summed E-state index contributed by atoms with van der Waals surface area (Å²) in [6.45, 7) is 0. The van der Waals surface area contributed by atoms with Crippen molar-refractivity contribution in [2.75, 3.05) is 0 Å². The monoisotopic (exact) mass is 151 g/mol. The summed E-state index contributed by atoms with van der Waals surface area (Å²) in [5.74, 6) is 0. The second kappa shape index (κ2) is 2.00. The molecule has 0 saturated carbocycles. The van der Waals surface area contributed by atoms with Gasteiger partial charge < -0.3 is 0 Å². The lowest BCUT2D eigenvalue weighted by Gasteiger charge is -1.99. The molecule has 0 radical (unpaired) electrons. The molecule has 0 saturated heterocycles. The third-order valence-corrected chi connectivity index (χ3v) is 0.914. The number of hydrogen-bond donors (Lipinski definition) is 0. The number of aromatic nitrogens is 2. The number of halogens is 3. The highest BCUT2D eigenvalue weighted by Gasteiger charge is 2.33. The highest BCUT2D eigenvalue weighted by molar-refractivity contribution is 5.02. The third kappa shape index (κ3) is 1.29. The van der Waals surface area contributed by atoms with E-state index in [4.69, 9.17) is 1.37 Å². The summed E-state index contributed by atoms with van der Waals surface area (Å²) in [5, 5.41) is 3.09. The molecule has 0 aromatic carbocycles. The molecule has 0 bridgehead atoms. The van der Waals surface area contributed by atoms with E-state index in [-0.39, 0.29) is 0 Å². The maximum absolute atomic E-state index is 11.9. The van der Waals surface area contributed by atoms with Crippen LogP contribution in [0, 0.1) is 0 Å².